The third kappa shape index (κ3) is 1.71. The second-order valence-electron chi connectivity index (χ2n) is 2.85. The number of aromatic nitrogens is 2. The van der Waals surface area contributed by atoms with Crippen molar-refractivity contribution in [3.8, 4) is 0 Å². The molecule has 1 aromatic heterocycles. The average Bonchev–Trinajstić information content (AvgIpc) is 2.26. The summed E-state index contributed by atoms with van der Waals surface area (Å²) in [6, 6.07) is 7.74. The van der Waals surface area contributed by atoms with Gasteiger partial charge in [0.1, 0.15) is 0 Å². The van der Waals surface area contributed by atoms with E-state index in [4.69, 9.17) is 0 Å². The molecule has 0 saturated heterocycles. The summed E-state index contributed by atoms with van der Waals surface area (Å²) in [6.07, 6.45) is 3.41. The van der Waals surface area contributed by atoms with E-state index in [0.29, 0.717) is 12.4 Å². The fraction of sp³-hybridized carbons (Fsp3) is 0.0909. The molecule has 0 aliphatic carbocycles. The molecule has 1 aromatic carbocycles. The molecule has 0 atom stereocenters. The zero-order chi connectivity index (χ0) is 9.80. The zero-order valence-electron chi connectivity index (χ0n) is 7.72. The molecular weight excluding hydrogens is 174 g/mol. The lowest BCUT2D eigenvalue weighted by Gasteiger charge is -2.00. The molecule has 0 bridgehead atoms. The SMILES string of the molecule is C=CC[N]c1cnc2ccccc2n1. The quantitative estimate of drug-likeness (QED) is 0.685. The third-order valence-corrected chi connectivity index (χ3v) is 1.82. The first kappa shape index (κ1) is 8.69. The summed E-state index contributed by atoms with van der Waals surface area (Å²) in [5, 5.41) is 4.18. The number of benzene rings is 1. The normalized spacial score (nSPS) is 10.0. The number of rotatable bonds is 3. The van der Waals surface area contributed by atoms with Crippen LogP contribution in [0.4, 0.5) is 5.82 Å². The van der Waals surface area contributed by atoms with Crippen LogP contribution in [-0.4, -0.2) is 16.5 Å². The van der Waals surface area contributed by atoms with Crippen molar-refractivity contribution in [2.75, 3.05) is 6.54 Å². The molecule has 0 N–H and O–H groups in total. The minimum absolute atomic E-state index is 0.576. The van der Waals surface area contributed by atoms with Gasteiger partial charge in [-0.1, -0.05) is 18.2 Å². The second kappa shape index (κ2) is 3.87. The molecule has 69 valence electrons. The van der Waals surface area contributed by atoms with Crippen LogP contribution < -0.4 is 5.32 Å². The maximum absolute atomic E-state index is 4.34. The first-order chi connectivity index (χ1) is 6.90. The molecule has 0 unspecified atom stereocenters. The molecule has 0 spiro atoms. The Kier molecular flexibility index (Phi) is 2.40. The van der Waals surface area contributed by atoms with Crippen LogP contribution in [0, 0.1) is 0 Å². The molecule has 0 amide bonds. The van der Waals surface area contributed by atoms with E-state index in [2.05, 4.69) is 21.9 Å². The van der Waals surface area contributed by atoms with Crippen LogP contribution >= 0.6 is 0 Å². The van der Waals surface area contributed by atoms with Gasteiger partial charge in [0.15, 0.2) is 5.82 Å². The Balaban J connectivity index is 2.36. The van der Waals surface area contributed by atoms with E-state index in [1.807, 2.05) is 24.3 Å². The van der Waals surface area contributed by atoms with Crippen LogP contribution in [0.15, 0.2) is 43.1 Å². The lowest BCUT2D eigenvalue weighted by molar-refractivity contribution is 0.936. The highest BCUT2D eigenvalue weighted by atomic mass is 15.0. The van der Waals surface area contributed by atoms with Crippen molar-refractivity contribution in [2.45, 2.75) is 0 Å². The van der Waals surface area contributed by atoms with Crippen LogP contribution in [0.25, 0.3) is 11.0 Å². The fourth-order valence-electron chi connectivity index (χ4n) is 1.18. The Bertz CT molecular complexity index is 451. The summed E-state index contributed by atoms with van der Waals surface area (Å²) >= 11 is 0. The van der Waals surface area contributed by atoms with Gasteiger partial charge < -0.3 is 0 Å². The summed E-state index contributed by atoms with van der Waals surface area (Å²) in [5.41, 5.74) is 1.77. The summed E-state index contributed by atoms with van der Waals surface area (Å²) in [4.78, 5) is 8.58. The van der Waals surface area contributed by atoms with Gasteiger partial charge in [0.25, 0.3) is 0 Å². The van der Waals surface area contributed by atoms with Crippen molar-refractivity contribution in [1.82, 2.24) is 15.3 Å². The number of fused-ring (bicyclic) bond motifs is 1. The van der Waals surface area contributed by atoms with Gasteiger partial charge in [-0.25, -0.2) is 4.98 Å². The lowest BCUT2D eigenvalue weighted by Crippen LogP contribution is -1.99. The van der Waals surface area contributed by atoms with E-state index in [1.54, 1.807) is 12.3 Å². The van der Waals surface area contributed by atoms with Crippen LogP contribution in [0.2, 0.25) is 0 Å². The van der Waals surface area contributed by atoms with Gasteiger partial charge in [0.05, 0.1) is 23.8 Å². The summed E-state index contributed by atoms with van der Waals surface area (Å²) < 4.78 is 0. The van der Waals surface area contributed by atoms with E-state index >= 15 is 0 Å². The van der Waals surface area contributed by atoms with Gasteiger partial charge in [0, 0.05) is 0 Å². The molecule has 0 aliphatic heterocycles. The molecule has 2 rings (SSSR count). The summed E-state index contributed by atoms with van der Waals surface area (Å²) in [5.74, 6) is 0.656. The van der Waals surface area contributed by atoms with Gasteiger partial charge in [-0.05, 0) is 12.1 Å². The predicted octanol–water partition coefficient (Wildman–Crippen LogP) is 2.05. The van der Waals surface area contributed by atoms with Crippen LogP contribution in [0.1, 0.15) is 0 Å². The first-order valence-corrected chi connectivity index (χ1v) is 4.40. The van der Waals surface area contributed by atoms with E-state index in [0.717, 1.165) is 11.0 Å². The van der Waals surface area contributed by atoms with Crippen molar-refractivity contribution in [3.05, 3.63) is 43.1 Å². The lowest BCUT2D eigenvalue weighted by atomic mass is 10.3. The van der Waals surface area contributed by atoms with Crippen LogP contribution in [-0.2, 0) is 0 Å². The third-order valence-electron chi connectivity index (χ3n) is 1.82. The molecule has 3 heteroatoms. The minimum Gasteiger partial charge on any atom is -0.261 e. The number of hydrogen-bond donors (Lipinski definition) is 0. The minimum atomic E-state index is 0.576. The molecule has 1 radical (unpaired) electrons. The summed E-state index contributed by atoms with van der Waals surface area (Å²) in [6.45, 7) is 4.17. The standard InChI is InChI=1S/C11H10N3/c1-2-7-12-11-8-13-9-5-3-4-6-10(9)14-11/h2-6,8H,1,7H2. The van der Waals surface area contributed by atoms with Crippen molar-refractivity contribution < 1.29 is 0 Å². The van der Waals surface area contributed by atoms with Crippen molar-refractivity contribution in [2.24, 2.45) is 0 Å². The van der Waals surface area contributed by atoms with Gasteiger partial charge in [-0.2, -0.15) is 0 Å². The molecule has 2 aromatic rings. The molecule has 0 aliphatic rings. The molecule has 14 heavy (non-hydrogen) atoms. The van der Waals surface area contributed by atoms with E-state index in [1.165, 1.54) is 0 Å². The van der Waals surface area contributed by atoms with Crippen LogP contribution in [0.5, 0.6) is 0 Å². The highest BCUT2D eigenvalue weighted by Gasteiger charge is 1.97. The Morgan fingerprint density at radius 2 is 2.07 bits per heavy atom. The van der Waals surface area contributed by atoms with Crippen molar-refractivity contribution in [3.63, 3.8) is 0 Å². The Morgan fingerprint density at radius 1 is 1.29 bits per heavy atom. The maximum atomic E-state index is 4.34. The molecule has 0 saturated carbocycles. The predicted molar refractivity (Wildman–Crippen MR) is 56.4 cm³/mol. The molecule has 3 nitrogen and oxygen atoms in total. The maximum Gasteiger partial charge on any atom is 0.166 e. The number of para-hydroxylation sites is 2. The second-order valence-corrected chi connectivity index (χ2v) is 2.85. The first-order valence-electron chi connectivity index (χ1n) is 4.40. The highest BCUT2D eigenvalue weighted by molar-refractivity contribution is 5.74. The van der Waals surface area contributed by atoms with Gasteiger partial charge in [0.2, 0.25) is 0 Å². The van der Waals surface area contributed by atoms with Crippen molar-refractivity contribution in [1.29, 1.82) is 0 Å². The Hall–Kier alpha value is -1.90. The topological polar surface area (TPSA) is 39.9 Å². The Labute approximate surface area is 82.5 Å². The molecule has 1 heterocycles. The van der Waals surface area contributed by atoms with Gasteiger partial charge in [-0.3, -0.25) is 10.3 Å². The van der Waals surface area contributed by atoms with E-state index in [-0.39, 0.29) is 0 Å². The average molecular weight is 184 g/mol. The van der Waals surface area contributed by atoms with Crippen molar-refractivity contribution >= 4 is 16.9 Å². The van der Waals surface area contributed by atoms with E-state index < -0.39 is 0 Å². The number of nitrogens with zero attached hydrogens (tertiary/aromatic N) is 3. The monoisotopic (exact) mass is 184 g/mol. The highest BCUT2D eigenvalue weighted by Crippen LogP contribution is 2.10. The Morgan fingerprint density at radius 3 is 2.86 bits per heavy atom. The zero-order valence-corrected chi connectivity index (χ0v) is 7.72. The van der Waals surface area contributed by atoms with E-state index in [9.17, 15) is 0 Å². The molecular formula is C11H10N3. The van der Waals surface area contributed by atoms with Crippen LogP contribution in [0.3, 0.4) is 0 Å². The number of hydrogen-bond acceptors (Lipinski definition) is 2. The smallest absolute Gasteiger partial charge is 0.166 e. The largest absolute Gasteiger partial charge is 0.261 e. The molecule has 0 fully saturated rings. The van der Waals surface area contributed by atoms with Gasteiger partial charge in [-0.15, -0.1) is 6.58 Å². The summed E-state index contributed by atoms with van der Waals surface area (Å²) in [7, 11) is 0. The fourth-order valence-corrected chi connectivity index (χ4v) is 1.18. The van der Waals surface area contributed by atoms with Gasteiger partial charge >= 0.3 is 0 Å².